The van der Waals surface area contributed by atoms with Gasteiger partial charge in [-0.3, -0.25) is 5.10 Å². The summed E-state index contributed by atoms with van der Waals surface area (Å²) in [6.45, 7) is 0. The van der Waals surface area contributed by atoms with Gasteiger partial charge in [0.15, 0.2) is 0 Å². The van der Waals surface area contributed by atoms with Gasteiger partial charge in [0, 0.05) is 5.56 Å². The van der Waals surface area contributed by atoms with Crippen LogP contribution < -0.4 is 4.74 Å². The minimum Gasteiger partial charge on any atom is -0.508 e. The van der Waals surface area contributed by atoms with Crippen LogP contribution in [0.2, 0.25) is 0 Å². The maximum atomic E-state index is 9.26. The third-order valence-corrected chi connectivity index (χ3v) is 3.32. The van der Waals surface area contributed by atoms with Crippen molar-refractivity contribution in [3.8, 4) is 22.8 Å². The average Bonchev–Trinajstić information content (AvgIpc) is 3.03. The number of phenols is 1. The summed E-state index contributed by atoms with van der Waals surface area (Å²) in [5.74, 6) is 1.07. The highest BCUT2D eigenvalue weighted by atomic mass is 16.5. The summed E-state index contributed by atoms with van der Waals surface area (Å²) >= 11 is 0. The maximum Gasteiger partial charge on any atom is 0.119 e. The Kier molecular flexibility index (Phi) is 3.92. The molecule has 1 aromatic heterocycles. The lowest BCUT2D eigenvalue weighted by atomic mass is 10.1. The normalized spacial score (nSPS) is 11.0. The highest BCUT2D eigenvalue weighted by Gasteiger charge is 2.03. The van der Waals surface area contributed by atoms with Crippen LogP contribution in [0.4, 0.5) is 0 Å². The van der Waals surface area contributed by atoms with E-state index >= 15 is 0 Å². The number of aromatic amines is 1. The van der Waals surface area contributed by atoms with Gasteiger partial charge in [-0.2, -0.15) is 5.10 Å². The third kappa shape index (κ3) is 3.17. The van der Waals surface area contributed by atoms with E-state index < -0.39 is 0 Å². The van der Waals surface area contributed by atoms with Gasteiger partial charge in [-0.05, 0) is 42.0 Å². The highest BCUT2D eigenvalue weighted by Crippen LogP contribution is 2.23. The number of methoxy groups -OCH3 is 1. The van der Waals surface area contributed by atoms with E-state index in [4.69, 9.17) is 4.74 Å². The number of nitrogens with one attached hydrogen (secondary N) is 1. The van der Waals surface area contributed by atoms with Crippen molar-refractivity contribution in [2.75, 3.05) is 7.11 Å². The van der Waals surface area contributed by atoms with Crippen LogP contribution in [0.25, 0.3) is 23.4 Å². The molecule has 0 saturated carbocycles. The van der Waals surface area contributed by atoms with Crippen molar-refractivity contribution >= 4 is 12.2 Å². The number of ether oxygens (including phenoxy) is 1. The van der Waals surface area contributed by atoms with Crippen LogP contribution in [0.1, 0.15) is 11.3 Å². The second-order valence-electron chi connectivity index (χ2n) is 4.86. The van der Waals surface area contributed by atoms with Gasteiger partial charge in [-0.1, -0.05) is 30.3 Å². The maximum absolute atomic E-state index is 9.26. The topological polar surface area (TPSA) is 58.1 Å². The lowest BCUT2D eigenvalue weighted by molar-refractivity contribution is 0.415. The van der Waals surface area contributed by atoms with Gasteiger partial charge in [0.2, 0.25) is 0 Å². The SMILES string of the molecule is COc1cccc(-c2cc(C=Cc3ccc(O)cc3)n[nH]2)c1. The summed E-state index contributed by atoms with van der Waals surface area (Å²) in [5, 5.41) is 16.6. The number of H-pyrrole nitrogens is 1. The number of benzene rings is 2. The van der Waals surface area contributed by atoms with Crippen LogP contribution in [0.5, 0.6) is 11.5 Å². The van der Waals surface area contributed by atoms with Crippen molar-refractivity contribution in [3.05, 3.63) is 65.9 Å². The summed E-state index contributed by atoms with van der Waals surface area (Å²) in [6.07, 6.45) is 3.87. The minimum absolute atomic E-state index is 0.261. The van der Waals surface area contributed by atoms with E-state index in [1.54, 1.807) is 19.2 Å². The molecular weight excluding hydrogens is 276 g/mol. The monoisotopic (exact) mass is 292 g/mol. The van der Waals surface area contributed by atoms with Gasteiger partial charge in [0.1, 0.15) is 11.5 Å². The Hall–Kier alpha value is -3.01. The summed E-state index contributed by atoms with van der Waals surface area (Å²) < 4.78 is 5.23. The predicted octanol–water partition coefficient (Wildman–Crippen LogP) is 3.96. The summed E-state index contributed by atoms with van der Waals surface area (Å²) in [7, 11) is 1.65. The lowest BCUT2D eigenvalue weighted by Gasteiger charge is -2.01. The minimum atomic E-state index is 0.261. The summed E-state index contributed by atoms with van der Waals surface area (Å²) in [5.41, 5.74) is 3.80. The molecule has 0 amide bonds. The molecule has 0 aliphatic rings. The van der Waals surface area contributed by atoms with E-state index in [9.17, 15) is 5.11 Å². The number of aromatic hydroxyl groups is 1. The van der Waals surface area contributed by atoms with Crippen molar-refractivity contribution in [2.45, 2.75) is 0 Å². The molecule has 0 fully saturated rings. The smallest absolute Gasteiger partial charge is 0.119 e. The Balaban J connectivity index is 1.79. The molecule has 4 nitrogen and oxygen atoms in total. The molecular formula is C18H16N2O2. The molecule has 0 saturated heterocycles. The largest absolute Gasteiger partial charge is 0.508 e. The first-order chi connectivity index (χ1) is 10.7. The Morgan fingerprint density at radius 1 is 1.05 bits per heavy atom. The molecule has 22 heavy (non-hydrogen) atoms. The molecule has 0 aliphatic heterocycles. The number of rotatable bonds is 4. The Labute approximate surface area is 128 Å². The van der Waals surface area contributed by atoms with Crippen LogP contribution in [0, 0.1) is 0 Å². The van der Waals surface area contributed by atoms with E-state index in [0.29, 0.717) is 0 Å². The van der Waals surface area contributed by atoms with Gasteiger partial charge < -0.3 is 9.84 Å². The lowest BCUT2D eigenvalue weighted by Crippen LogP contribution is -1.83. The van der Waals surface area contributed by atoms with Gasteiger partial charge >= 0.3 is 0 Å². The molecule has 0 radical (unpaired) electrons. The second kappa shape index (κ2) is 6.18. The standard InChI is InChI=1S/C18H16N2O2/c1-22-17-4-2-3-14(11-17)18-12-15(19-20-18)8-5-13-6-9-16(21)10-7-13/h2-12,21H,1H3,(H,19,20). The Bertz CT molecular complexity index is 789. The van der Waals surface area contributed by atoms with E-state index in [1.165, 1.54) is 0 Å². The Morgan fingerprint density at radius 3 is 2.64 bits per heavy atom. The van der Waals surface area contributed by atoms with Crippen molar-refractivity contribution < 1.29 is 9.84 Å². The molecule has 1 heterocycles. The first-order valence-electron chi connectivity index (χ1n) is 6.91. The fourth-order valence-corrected chi connectivity index (χ4v) is 2.13. The molecule has 0 bridgehead atoms. The first kappa shape index (κ1) is 13.9. The fraction of sp³-hybridized carbons (Fsp3) is 0.0556. The van der Waals surface area contributed by atoms with Crippen molar-refractivity contribution in [2.24, 2.45) is 0 Å². The van der Waals surface area contributed by atoms with Gasteiger partial charge in [-0.25, -0.2) is 0 Å². The van der Waals surface area contributed by atoms with Crippen LogP contribution >= 0.6 is 0 Å². The van der Waals surface area contributed by atoms with Crippen molar-refractivity contribution in [3.63, 3.8) is 0 Å². The first-order valence-corrected chi connectivity index (χ1v) is 6.91. The number of hydrogen-bond donors (Lipinski definition) is 2. The molecule has 2 aromatic carbocycles. The summed E-state index contributed by atoms with van der Waals surface area (Å²) in [6, 6.07) is 16.8. The molecule has 0 atom stereocenters. The molecule has 0 aliphatic carbocycles. The van der Waals surface area contributed by atoms with Crippen LogP contribution in [-0.4, -0.2) is 22.4 Å². The number of aromatic nitrogens is 2. The third-order valence-electron chi connectivity index (χ3n) is 3.32. The number of hydrogen-bond acceptors (Lipinski definition) is 3. The van der Waals surface area contributed by atoms with E-state index in [1.807, 2.05) is 54.6 Å². The van der Waals surface area contributed by atoms with E-state index in [0.717, 1.165) is 28.3 Å². The van der Waals surface area contributed by atoms with E-state index in [2.05, 4.69) is 10.2 Å². The van der Waals surface area contributed by atoms with Gasteiger partial charge in [0.25, 0.3) is 0 Å². The molecule has 3 aromatic rings. The van der Waals surface area contributed by atoms with Crippen LogP contribution in [0.3, 0.4) is 0 Å². The van der Waals surface area contributed by atoms with Gasteiger partial charge in [-0.15, -0.1) is 0 Å². The quantitative estimate of drug-likeness (QED) is 0.765. The van der Waals surface area contributed by atoms with Gasteiger partial charge in [0.05, 0.1) is 18.5 Å². The van der Waals surface area contributed by atoms with Crippen molar-refractivity contribution in [1.82, 2.24) is 10.2 Å². The highest BCUT2D eigenvalue weighted by molar-refractivity contribution is 5.71. The average molecular weight is 292 g/mol. The molecule has 0 unspecified atom stereocenters. The second-order valence-corrected chi connectivity index (χ2v) is 4.86. The zero-order valence-corrected chi connectivity index (χ0v) is 12.2. The molecule has 4 heteroatoms. The fourth-order valence-electron chi connectivity index (χ4n) is 2.13. The van der Waals surface area contributed by atoms with Crippen LogP contribution in [-0.2, 0) is 0 Å². The molecule has 0 spiro atoms. The van der Waals surface area contributed by atoms with Crippen molar-refractivity contribution in [1.29, 1.82) is 0 Å². The van der Waals surface area contributed by atoms with E-state index in [-0.39, 0.29) is 5.75 Å². The number of nitrogens with zero attached hydrogens (tertiary/aromatic N) is 1. The number of phenolic OH excluding ortho intramolecular Hbond substituents is 1. The molecule has 2 N–H and O–H groups in total. The predicted molar refractivity (Wildman–Crippen MR) is 87.6 cm³/mol. The molecule has 110 valence electrons. The zero-order valence-electron chi connectivity index (χ0n) is 12.2. The molecule has 3 rings (SSSR count). The zero-order chi connectivity index (χ0) is 15.4. The Morgan fingerprint density at radius 2 is 1.86 bits per heavy atom. The summed E-state index contributed by atoms with van der Waals surface area (Å²) in [4.78, 5) is 0. The van der Waals surface area contributed by atoms with Crippen LogP contribution in [0.15, 0.2) is 54.6 Å².